The Morgan fingerprint density at radius 3 is 2.77 bits per heavy atom. The Morgan fingerprint density at radius 1 is 1.31 bits per heavy atom. The van der Waals surface area contributed by atoms with E-state index in [1.807, 2.05) is 6.07 Å². The van der Waals surface area contributed by atoms with Crippen LogP contribution in [0.1, 0.15) is 11.4 Å². The van der Waals surface area contributed by atoms with Crippen molar-refractivity contribution in [2.75, 3.05) is 0 Å². The number of nitrogens with one attached hydrogen (secondary N) is 1. The van der Waals surface area contributed by atoms with Crippen molar-refractivity contribution in [3.8, 4) is 11.8 Å². The summed E-state index contributed by atoms with van der Waals surface area (Å²) in [4.78, 5) is 37.1. The van der Waals surface area contributed by atoms with E-state index in [1.54, 1.807) is 0 Å². The van der Waals surface area contributed by atoms with Gasteiger partial charge in [0.05, 0.1) is 22.3 Å². The largest absolute Gasteiger partial charge is 0.333 e. The van der Waals surface area contributed by atoms with Gasteiger partial charge in [0, 0.05) is 0 Å². The van der Waals surface area contributed by atoms with Crippen molar-refractivity contribution < 1.29 is 14.4 Å². The van der Waals surface area contributed by atoms with Gasteiger partial charge in [0.15, 0.2) is 0 Å². The molecule has 3 heterocycles. The highest BCUT2D eigenvalue weighted by molar-refractivity contribution is 7.50. The van der Waals surface area contributed by atoms with Crippen molar-refractivity contribution in [2.45, 2.75) is 6.16 Å². The van der Waals surface area contributed by atoms with Gasteiger partial charge >= 0.3 is 7.60 Å². The molecular formula is C13H9N8O4P. The van der Waals surface area contributed by atoms with E-state index in [0.717, 1.165) is 0 Å². The molecule has 130 valence electrons. The van der Waals surface area contributed by atoms with Crippen LogP contribution in [0.3, 0.4) is 0 Å². The molecule has 3 aromatic heterocycles. The van der Waals surface area contributed by atoms with Crippen LogP contribution in [0.15, 0.2) is 29.6 Å². The minimum Gasteiger partial charge on any atom is -0.324 e. The van der Waals surface area contributed by atoms with Gasteiger partial charge in [0.2, 0.25) is 5.65 Å². The van der Waals surface area contributed by atoms with Crippen LogP contribution in [0, 0.1) is 11.3 Å². The van der Waals surface area contributed by atoms with E-state index < -0.39 is 19.3 Å². The molecule has 0 saturated heterocycles. The van der Waals surface area contributed by atoms with E-state index in [1.165, 1.54) is 33.9 Å². The number of nitriles is 1. The van der Waals surface area contributed by atoms with Crippen molar-refractivity contribution in [3.63, 3.8) is 0 Å². The average molecular weight is 372 g/mol. The molecule has 0 aliphatic carbocycles. The first-order valence-electron chi connectivity index (χ1n) is 7.11. The third kappa shape index (κ3) is 2.56. The minimum absolute atomic E-state index is 0.0707. The molecule has 0 bridgehead atoms. The molecule has 4 rings (SSSR count). The van der Waals surface area contributed by atoms with E-state index in [9.17, 15) is 24.4 Å². The molecule has 13 heteroatoms. The molecule has 0 fully saturated rings. The monoisotopic (exact) mass is 372 g/mol. The first-order valence-corrected chi connectivity index (χ1v) is 8.91. The fourth-order valence-electron chi connectivity index (χ4n) is 2.66. The second-order valence-electron chi connectivity index (χ2n) is 5.39. The molecule has 0 aliphatic heterocycles. The zero-order valence-electron chi connectivity index (χ0n) is 12.8. The van der Waals surface area contributed by atoms with Gasteiger partial charge in [-0.1, -0.05) is 0 Å². The number of rotatable bonds is 3. The van der Waals surface area contributed by atoms with Crippen molar-refractivity contribution in [3.05, 3.63) is 46.5 Å². The van der Waals surface area contributed by atoms with Crippen LogP contribution < -0.4 is 5.56 Å². The second-order valence-corrected chi connectivity index (χ2v) is 7.04. The summed E-state index contributed by atoms with van der Waals surface area (Å²) < 4.78 is 14.0. The molecule has 3 N–H and O–H groups in total. The molecule has 0 amide bonds. The summed E-state index contributed by atoms with van der Waals surface area (Å²) in [5.41, 5.74) is 0.533. The third-order valence-electron chi connectivity index (χ3n) is 3.67. The topological polar surface area (TPSA) is 175 Å². The highest BCUT2D eigenvalue weighted by Crippen LogP contribution is 2.38. The number of aromatic amines is 1. The van der Waals surface area contributed by atoms with Crippen LogP contribution in [0.5, 0.6) is 0 Å². The molecule has 1 aromatic carbocycles. The fraction of sp³-hybridized carbons (Fsp3) is 0.0769. The van der Waals surface area contributed by atoms with E-state index in [-0.39, 0.29) is 22.6 Å². The van der Waals surface area contributed by atoms with Crippen molar-refractivity contribution in [1.29, 1.82) is 5.26 Å². The van der Waals surface area contributed by atoms with Crippen LogP contribution in [0.4, 0.5) is 0 Å². The predicted octanol–water partition coefficient (Wildman–Crippen LogP) is -0.299. The maximum Gasteiger partial charge on any atom is 0.333 e. The number of hydrogen-bond donors (Lipinski definition) is 3. The summed E-state index contributed by atoms with van der Waals surface area (Å²) in [7, 11) is -4.44. The zero-order chi connectivity index (χ0) is 18.5. The van der Waals surface area contributed by atoms with Crippen LogP contribution in [0.25, 0.3) is 22.4 Å². The average Bonchev–Trinajstić information content (AvgIpc) is 3.23. The van der Waals surface area contributed by atoms with Gasteiger partial charge in [-0.3, -0.25) is 13.8 Å². The Balaban J connectivity index is 2.12. The Bertz CT molecular complexity index is 1290. The number of fused-ring (bicyclic) bond motifs is 3. The number of H-pyrrole nitrogens is 1. The highest BCUT2D eigenvalue weighted by Gasteiger charge is 2.22. The third-order valence-corrected chi connectivity index (χ3v) is 4.36. The molecular weight excluding hydrogens is 363 g/mol. The van der Waals surface area contributed by atoms with Gasteiger partial charge in [0.25, 0.3) is 5.56 Å². The van der Waals surface area contributed by atoms with E-state index in [2.05, 4.69) is 25.3 Å². The van der Waals surface area contributed by atoms with Gasteiger partial charge in [0.1, 0.15) is 30.7 Å². The normalized spacial score (nSPS) is 11.9. The molecule has 12 nitrogen and oxygen atoms in total. The zero-order valence-corrected chi connectivity index (χ0v) is 13.7. The fourth-order valence-corrected chi connectivity index (χ4v) is 3.23. The predicted molar refractivity (Wildman–Crippen MR) is 86.5 cm³/mol. The maximum absolute atomic E-state index is 12.2. The molecule has 0 unspecified atom stereocenters. The SMILES string of the molecule is N#Cc1cc2[nH]c(=O)c3nnc(CP(=O)(O)O)n3c2cc1-n1cncn1. The van der Waals surface area contributed by atoms with E-state index in [4.69, 9.17) is 0 Å². The quantitative estimate of drug-likeness (QED) is 0.408. The Morgan fingerprint density at radius 2 is 2.12 bits per heavy atom. The van der Waals surface area contributed by atoms with Crippen molar-refractivity contribution in [2.24, 2.45) is 0 Å². The van der Waals surface area contributed by atoms with E-state index in [0.29, 0.717) is 11.2 Å². The standard InChI is InChI=1S/C13H9N8O4P/c14-3-7-1-8-10(2-9(7)20-6-15-5-16-20)21-11(4-26(23,24)25)18-19-12(21)13(22)17-8/h1-2,5-6H,4H2,(H,17,22)(H2,23,24,25). The molecule has 4 aromatic rings. The summed E-state index contributed by atoms with van der Waals surface area (Å²) in [6.45, 7) is 0. The van der Waals surface area contributed by atoms with Crippen LogP contribution in [-0.4, -0.2) is 44.1 Å². The molecule has 0 radical (unpaired) electrons. The number of nitrogens with zero attached hydrogens (tertiary/aromatic N) is 7. The lowest BCUT2D eigenvalue weighted by Crippen LogP contribution is -2.13. The maximum atomic E-state index is 12.2. The first-order chi connectivity index (χ1) is 12.4. The summed E-state index contributed by atoms with van der Waals surface area (Å²) >= 11 is 0. The molecule has 0 aliphatic rings. The Labute approximate surface area is 143 Å². The summed E-state index contributed by atoms with van der Waals surface area (Å²) in [6.07, 6.45) is 2.00. The molecule has 0 atom stereocenters. The highest BCUT2D eigenvalue weighted by atomic mass is 31.2. The molecule has 0 saturated carbocycles. The summed E-state index contributed by atoms with van der Waals surface area (Å²) in [5, 5.41) is 20.8. The number of benzene rings is 1. The van der Waals surface area contributed by atoms with E-state index >= 15 is 0 Å². The van der Waals surface area contributed by atoms with Crippen molar-refractivity contribution in [1.82, 2.24) is 34.3 Å². The summed E-state index contributed by atoms with van der Waals surface area (Å²) in [6, 6.07) is 4.99. The molecule has 26 heavy (non-hydrogen) atoms. The van der Waals surface area contributed by atoms with Gasteiger partial charge in [-0.2, -0.15) is 10.4 Å². The van der Waals surface area contributed by atoms with Crippen LogP contribution in [0.2, 0.25) is 0 Å². The second kappa shape index (κ2) is 5.57. The number of aromatic nitrogens is 7. The van der Waals surface area contributed by atoms with Gasteiger partial charge in [-0.25, -0.2) is 9.67 Å². The number of hydrogen-bond acceptors (Lipinski definition) is 7. The first kappa shape index (κ1) is 16.1. The lowest BCUT2D eigenvalue weighted by molar-refractivity contribution is 0.370. The molecule has 0 spiro atoms. The minimum atomic E-state index is -4.44. The lowest BCUT2D eigenvalue weighted by Gasteiger charge is -2.09. The van der Waals surface area contributed by atoms with Crippen LogP contribution in [-0.2, 0) is 10.7 Å². The summed E-state index contributed by atoms with van der Waals surface area (Å²) in [5.74, 6) is -0.0707. The van der Waals surface area contributed by atoms with Crippen LogP contribution >= 0.6 is 7.60 Å². The Hall–Kier alpha value is -3.39. The Kier molecular flexibility index (Phi) is 3.45. The lowest BCUT2D eigenvalue weighted by atomic mass is 10.1. The van der Waals surface area contributed by atoms with Gasteiger partial charge in [-0.05, 0) is 12.1 Å². The van der Waals surface area contributed by atoms with Crippen molar-refractivity contribution >= 4 is 24.3 Å². The smallest absolute Gasteiger partial charge is 0.324 e. The van der Waals surface area contributed by atoms with Gasteiger partial charge in [-0.15, -0.1) is 10.2 Å². The van der Waals surface area contributed by atoms with Gasteiger partial charge < -0.3 is 14.8 Å².